The molecule has 0 atom stereocenters. The lowest BCUT2D eigenvalue weighted by Crippen LogP contribution is -2.54. The normalized spacial score (nSPS) is 29.4. The summed E-state index contributed by atoms with van der Waals surface area (Å²) in [6.07, 6.45) is 7.46. The number of benzene rings is 1. The molecular weight excluding hydrogens is 312 g/mol. The molecule has 0 bridgehead atoms. The van der Waals surface area contributed by atoms with Gasteiger partial charge in [-0.25, -0.2) is 0 Å². The standard InChI is InChI=1S/C21H32N2O2/c1-2-23(15-21(24)25)20-12-19(13-20)22-14-16-8-10-18(11-9-16)17-6-4-3-5-7-17/h3-7,16,18-20,22H,2,8-15H2,1H3,(H,24,25). The number of hydrogen-bond donors (Lipinski definition) is 2. The molecule has 2 fully saturated rings. The predicted molar refractivity (Wildman–Crippen MR) is 101 cm³/mol. The zero-order valence-corrected chi connectivity index (χ0v) is 15.4. The Kier molecular flexibility index (Phi) is 6.49. The van der Waals surface area contributed by atoms with Crippen LogP contribution in [0.2, 0.25) is 0 Å². The summed E-state index contributed by atoms with van der Waals surface area (Å²) < 4.78 is 0. The molecule has 4 heteroatoms. The van der Waals surface area contributed by atoms with Gasteiger partial charge in [0.2, 0.25) is 0 Å². The van der Waals surface area contributed by atoms with Crippen molar-refractivity contribution in [1.82, 2.24) is 10.2 Å². The Hall–Kier alpha value is -1.39. The molecule has 2 aliphatic rings. The van der Waals surface area contributed by atoms with Gasteiger partial charge in [-0.15, -0.1) is 0 Å². The Morgan fingerprint density at radius 1 is 1.16 bits per heavy atom. The maximum atomic E-state index is 10.9. The number of carboxylic acid groups (broad SMARTS) is 1. The summed E-state index contributed by atoms with van der Waals surface area (Å²) in [6.45, 7) is 4.18. The van der Waals surface area contributed by atoms with Gasteiger partial charge in [-0.05, 0) is 69.0 Å². The van der Waals surface area contributed by atoms with Gasteiger partial charge in [0.1, 0.15) is 0 Å². The third-order valence-corrected chi connectivity index (χ3v) is 6.19. The summed E-state index contributed by atoms with van der Waals surface area (Å²) in [6, 6.07) is 12.0. The molecule has 0 heterocycles. The minimum atomic E-state index is -0.714. The second-order valence-corrected chi connectivity index (χ2v) is 7.82. The van der Waals surface area contributed by atoms with Crippen LogP contribution < -0.4 is 5.32 Å². The van der Waals surface area contributed by atoms with E-state index in [1.807, 2.05) is 0 Å². The molecule has 2 saturated carbocycles. The fourth-order valence-corrected chi connectivity index (χ4v) is 4.48. The summed E-state index contributed by atoms with van der Waals surface area (Å²) in [5.41, 5.74) is 1.51. The van der Waals surface area contributed by atoms with Crippen LogP contribution in [-0.2, 0) is 4.79 Å². The van der Waals surface area contributed by atoms with Crippen LogP contribution in [0.5, 0.6) is 0 Å². The molecule has 3 rings (SSSR count). The first-order chi connectivity index (χ1) is 12.2. The number of likely N-dealkylation sites (N-methyl/N-ethyl adjacent to an activating group) is 1. The summed E-state index contributed by atoms with van der Waals surface area (Å²) in [4.78, 5) is 13.0. The van der Waals surface area contributed by atoms with Crippen molar-refractivity contribution in [3.8, 4) is 0 Å². The van der Waals surface area contributed by atoms with Crippen LogP contribution in [0, 0.1) is 5.92 Å². The number of nitrogens with one attached hydrogen (secondary N) is 1. The Bertz CT molecular complexity index is 534. The quantitative estimate of drug-likeness (QED) is 0.758. The van der Waals surface area contributed by atoms with Gasteiger partial charge in [0, 0.05) is 12.1 Å². The van der Waals surface area contributed by atoms with E-state index in [1.165, 1.54) is 31.2 Å². The summed E-state index contributed by atoms with van der Waals surface area (Å²) in [5, 5.41) is 12.7. The lowest BCUT2D eigenvalue weighted by molar-refractivity contribution is -0.139. The topological polar surface area (TPSA) is 52.6 Å². The highest BCUT2D eigenvalue weighted by Gasteiger charge is 2.34. The van der Waals surface area contributed by atoms with Crippen LogP contribution in [0.1, 0.15) is 56.9 Å². The highest BCUT2D eigenvalue weighted by Crippen LogP contribution is 2.35. The molecule has 0 amide bonds. The van der Waals surface area contributed by atoms with E-state index < -0.39 is 5.97 Å². The van der Waals surface area contributed by atoms with E-state index in [4.69, 9.17) is 5.11 Å². The zero-order valence-electron chi connectivity index (χ0n) is 15.4. The van der Waals surface area contributed by atoms with Gasteiger partial charge in [-0.1, -0.05) is 37.3 Å². The first kappa shape index (κ1) is 18.4. The van der Waals surface area contributed by atoms with Crippen molar-refractivity contribution in [2.45, 2.75) is 63.5 Å². The van der Waals surface area contributed by atoms with Gasteiger partial charge >= 0.3 is 5.97 Å². The molecule has 4 nitrogen and oxygen atoms in total. The lowest BCUT2D eigenvalue weighted by atomic mass is 9.78. The molecule has 25 heavy (non-hydrogen) atoms. The maximum Gasteiger partial charge on any atom is 0.317 e. The molecule has 1 aromatic rings. The van der Waals surface area contributed by atoms with Crippen molar-refractivity contribution >= 4 is 5.97 Å². The predicted octanol–water partition coefficient (Wildman–Crippen LogP) is 3.49. The van der Waals surface area contributed by atoms with Crippen molar-refractivity contribution in [3.63, 3.8) is 0 Å². The molecule has 2 aliphatic carbocycles. The molecule has 1 aromatic carbocycles. The van der Waals surface area contributed by atoms with E-state index in [1.54, 1.807) is 0 Å². The Morgan fingerprint density at radius 2 is 1.84 bits per heavy atom. The highest BCUT2D eigenvalue weighted by atomic mass is 16.4. The largest absolute Gasteiger partial charge is 0.480 e. The fourth-order valence-electron chi connectivity index (χ4n) is 4.48. The van der Waals surface area contributed by atoms with Crippen molar-refractivity contribution in [3.05, 3.63) is 35.9 Å². The minimum absolute atomic E-state index is 0.178. The highest BCUT2D eigenvalue weighted by molar-refractivity contribution is 5.69. The zero-order chi connectivity index (χ0) is 17.6. The molecular formula is C21H32N2O2. The first-order valence-electron chi connectivity index (χ1n) is 9.89. The summed E-state index contributed by atoms with van der Waals surface area (Å²) >= 11 is 0. The van der Waals surface area contributed by atoms with E-state index in [0.29, 0.717) is 12.1 Å². The Balaban J connectivity index is 1.33. The fraction of sp³-hybridized carbons (Fsp3) is 0.667. The SMILES string of the molecule is CCN(CC(=O)O)C1CC(NCC2CCC(c3ccccc3)CC2)C1. The van der Waals surface area contributed by atoms with Gasteiger partial charge < -0.3 is 10.4 Å². The molecule has 2 N–H and O–H groups in total. The van der Waals surface area contributed by atoms with E-state index in [9.17, 15) is 4.79 Å². The minimum Gasteiger partial charge on any atom is -0.480 e. The first-order valence-corrected chi connectivity index (χ1v) is 9.89. The second-order valence-electron chi connectivity index (χ2n) is 7.82. The second kappa shape index (κ2) is 8.81. The van der Waals surface area contributed by atoms with Gasteiger partial charge in [0.25, 0.3) is 0 Å². The third kappa shape index (κ3) is 5.05. The van der Waals surface area contributed by atoms with E-state index in [2.05, 4.69) is 47.5 Å². The van der Waals surface area contributed by atoms with Crippen LogP contribution in [0.15, 0.2) is 30.3 Å². The maximum absolute atomic E-state index is 10.9. The summed E-state index contributed by atoms with van der Waals surface area (Å²) in [5.74, 6) is 0.841. The van der Waals surface area contributed by atoms with Gasteiger partial charge in [0.15, 0.2) is 0 Å². The monoisotopic (exact) mass is 344 g/mol. The number of hydrogen-bond acceptors (Lipinski definition) is 3. The number of carboxylic acids is 1. The van der Waals surface area contributed by atoms with Crippen molar-refractivity contribution in [2.75, 3.05) is 19.6 Å². The number of rotatable bonds is 8. The molecule has 0 radical (unpaired) electrons. The molecule has 0 saturated heterocycles. The van der Waals surface area contributed by atoms with Crippen molar-refractivity contribution < 1.29 is 9.90 Å². The molecule has 0 spiro atoms. The smallest absolute Gasteiger partial charge is 0.317 e. The molecule has 138 valence electrons. The van der Waals surface area contributed by atoms with Crippen LogP contribution >= 0.6 is 0 Å². The van der Waals surface area contributed by atoms with Gasteiger partial charge in [-0.3, -0.25) is 9.69 Å². The van der Waals surface area contributed by atoms with Gasteiger partial charge in [-0.2, -0.15) is 0 Å². The third-order valence-electron chi connectivity index (χ3n) is 6.19. The van der Waals surface area contributed by atoms with E-state index in [-0.39, 0.29) is 6.54 Å². The lowest BCUT2D eigenvalue weighted by Gasteiger charge is -2.43. The van der Waals surface area contributed by atoms with Crippen LogP contribution in [0.25, 0.3) is 0 Å². The summed E-state index contributed by atoms with van der Waals surface area (Å²) in [7, 11) is 0. The van der Waals surface area contributed by atoms with E-state index in [0.717, 1.165) is 37.8 Å². The average Bonchev–Trinajstić information content (AvgIpc) is 2.60. The van der Waals surface area contributed by atoms with Crippen LogP contribution in [0.3, 0.4) is 0 Å². The Morgan fingerprint density at radius 3 is 2.44 bits per heavy atom. The number of aliphatic carboxylic acids is 1. The van der Waals surface area contributed by atoms with Crippen molar-refractivity contribution in [1.29, 1.82) is 0 Å². The van der Waals surface area contributed by atoms with Crippen molar-refractivity contribution in [2.24, 2.45) is 5.92 Å². The number of nitrogens with zero attached hydrogens (tertiary/aromatic N) is 1. The molecule has 0 aliphatic heterocycles. The number of carbonyl (C=O) groups is 1. The van der Waals surface area contributed by atoms with Gasteiger partial charge in [0.05, 0.1) is 6.54 Å². The Labute approximate surface area is 151 Å². The molecule has 0 unspecified atom stereocenters. The average molecular weight is 344 g/mol. The van der Waals surface area contributed by atoms with Crippen LogP contribution in [0.4, 0.5) is 0 Å². The van der Waals surface area contributed by atoms with E-state index >= 15 is 0 Å². The molecule has 0 aromatic heterocycles. The van der Waals surface area contributed by atoms with Crippen LogP contribution in [-0.4, -0.2) is 47.7 Å².